The zero-order chi connectivity index (χ0) is 28.9. The van der Waals surface area contributed by atoms with Gasteiger partial charge in [-0.2, -0.15) is 0 Å². The van der Waals surface area contributed by atoms with Crippen molar-refractivity contribution < 1.29 is 28.6 Å². The molecule has 0 saturated carbocycles. The first-order valence-corrected chi connectivity index (χ1v) is 13.8. The standard InChI is InChI=1S/C32H33ClFNO5/c1-17-14-25-22(11-12-35(25)30(36)19-8-6-9-20(33)15-19)27(26(17)29(31(37)38)40-32(3,4)5)23-16-24(34)28-21(18(23)2)10-7-13-39-28/h6,8-9,14-16,29H,7,10-13H2,1-5H3,(H,37,38). The molecule has 2 aliphatic rings. The first kappa shape index (κ1) is 28.1. The van der Waals surface area contributed by atoms with E-state index in [1.807, 2.05) is 19.9 Å². The summed E-state index contributed by atoms with van der Waals surface area (Å²) in [5, 5.41) is 10.8. The van der Waals surface area contributed by atoms with Crippen molar-refractivity contribution in [1.29, 1.82) is 0 Å². The molecular formula is C32H33ClFNO5. The van der Waals surface area contributed by atoms with Gasteiger partial charge in [-0.25, -0.2) is 9.18 Å². The average molecular weight is 566 g/mol. The molecule has 1 N–H and O–H groups in total. The third-order valence-corrected chi connectivity index (χ3v) is 7.75. The number of anilines is 1. The molecule has 0 saturated heterocycles. The summed E-state index contributed by atoms with van der Waals surface area (Å²) < 4.78 is 27.3. The van der Waals surface area contributed by atoms with Crippen LogP contribution in [0.2, 0.25) is 5.02 Å². The van der Waals surface area contributed by atoms with Crippen molar-refractivity contribution in [3.8, 4) is 16.9 Å². The van der Waals surface area contributed by atoms with Crippen LogP contribution >= 0.6 is 11.6 Å². The van der Waals surface area contributed by atoms with Crippen molar-refractivity contribution in [2.45, 2.75) is 65.6 Å². The zero-order valence-corrected chi connectivity index (χ0v) is 24.1. The Kier molecular flexibility index (Phi) is 7.40. The highest BCUT2D eigenvalue weighted by Crippen LogP contribution is 2.47. The molecule has 0 bridgehead atoms. The van der Waals surface area contributed by atoms with Gasteiger partial charge in [0.2, 0.25) is 0 Å². The number of aryl methyl sites for hydroxylation is 1. The molecule has 3 aromatic carbocycles. The molecule has 0 spiro atoms. The number of carbonyl (C=O) groups excluding carboxylic acids is 1. The second-order valence-corrected chi connectivity index (χ2v) is 11.9. The van der Waals surface area contributed by atoms with Gasteiger partial charge in [0.05, 0.1) is 12.2 Å². The summed E-state index contributed by atoms with van der Waals surface area (Å²) in [6, 6.07) is 10.1. The Morgan fingerprint density at radius 3 is 2.55 bits per heavy atom. The molecule has 3 aromatic rings. The number of ether oxygens (including phenoxy) is 2. The van der Waals surface area contributed by atoms with E-state index in [2.05, 4.69) is 0 Å². The number of hydrogen-bond donors (Lipinski definition) is 1. The minimum atomic E-state index is -1.30. The number of carbonyl (C=O) groups is 2. The van der Waals surface area contributed by atoms with Crippen LogP contribution < -0.4 is 9.64 Å². The van der Waals surface area contributed by atoms with Gasteiger partial charge in [-0.15, -0.1) is 0 Å². The number of carboxylic acids is 1. The summed E-state index contributed by atoms with van der Waals surface area (Å²) in [5.41, 5.74) is 5.10. The molecule has 0 radical (unpaired) electrons. The molecule has 40 heavy (non-hydrogen) atoms. The number of carboxylic acid groups (broad SMARTS) is 1. The fourth-order valence-electron chi connectivity index (χ4n) is 5.83. The number of fused-ring (bicyclic) bond motifs is 2. The summed E-state index contributed by atoms with van der Waals surface area (Å²) in [7, 11) is 0. The van der Waals surface area contributed by atoms with Crippen molar-refractivity contribution in [3.63, 3.8) is 0 Å². The molecule has 2 aliphatic heterocycles. The van der Waals surface area contributed by atoms with Gasteiger partial charge >= 0.3 is 5.97 Å². The minimum Gasteiger partial charge on any atom is -0.490 e. The van der Waals surface area contributed by atoms with Crippen molar-refractivity contribution in [3.05, 3.63) is 80.6 Å². The fourth-order valence-corrected chi connectivity index (χ4v) is 6.02. The first-order valence-electron chi connectivity index (χ1n) is 13.5. The third-order valence-electron chi connectivity index (χ3n) is 7.51. The van der Waals surface area contributed by atoms with Gasteiger partial charge < -0.3 is 19.5 Å². The Morgan fingerprint density at radius 2 is 1.88 bits per heavy atom. The summed E-state index contributed by atoms with van der Waals surface area (Å²) >= 11 is 6.17. The van der Waals surface area contributed by atoms with E-state index in [4.69, 9.17) is 21.1 Å². The van der Waals surface area contributed by atoms with Crippen LogP contribution in [0.25, 0.3) is 11.1 Å². The van der Waals surface area contributed by atoms with E-state index in [0.717, 1.165) is 23.1 Å². The maximum atomic E-state index is 15.5. The van der Waals surface area contributed by atoms with Crippen LogP contribution in [0, 0.1) is 19.7 Å². The fraction of sp³-hybridized carbons (Fsp3) is 0.375. The Bertz CT molecular complexity index is 1530. The normalized spacial score (nSPS) is 15.3. The van der Waals surface area contributed by atoms with Gasteiger partial charge in [-0.05, 0) is 112 Å². The van der Waals surface area contributed by atoms with Gasteiger partial charge in [-0.1, -0.05) is 17.7 Å². The van der Waals surface area contributed by atoms with Crippen molar-refractivity contribution in [2.75, 3.05) is 18.1 Å². The van der Waals surface area contributed by atoms with E-state index >= 15 is 4.39 Å². The Morgan fingerprint density at radius 1 is 1.12 bits per heavy atom. The van der Waals surface area contributed by atoms with E-state index in [0.29, 0.717) is 64.5 Å². The first-order chi connectivity index (χ1) is 18.9. The van der Waals surface area contributed by atoms with Gasteiger partial charge in [0.1, 0.15) is 0 Å². The lowest BCUT2D eigenvalue weighted by molar-refractivity contribution is -0.160. The van der Waals surface area contributed by atoms with Crippen LogP contribution in [-0.2, 0) is 22.4 Å². The van der Waals surface area contributed by atoms with E-state index in [9.17, 15) is 14.7 Å². The molecule has 0 aliphatic carbocycles. The molecule has 210 valence electrons. The van der Waals surface area contributed by atoms with E-state index in [1.165, 1.54) is 6.07 Å². The highest BCUT2D eigenvalue weighted by atomic mass is 35.5. The molecule has 0 aromatic heterocycles. The number of halogens is 2. The lowest BCUT2D eigenvalue weighted by atomic mass is 9.83. The lowest BCUT2D eigenvalue weighted by Gasteiger charge is -2.30. The topological polar surface area (TPSA) is 76.1 Å². The van der Waals surface area contributed by atoms with Crippen LogP contribution in [0.15, 0.2) is 36.4 Å². The number of benzene rings is 3. The molecule has 1 amide bonds. The van der Waals surface area contributed by atoms with Crippen LogP contribution in [0.4, 0.5) is 10.1 Å². The van der Waals surface area contributed by atoms with Crippen LogP contribution in [0.3, 0.4) is 0 Å². The average Bonchev–Trinajstić information content (AvgIpc) is 3.31. The summed E-state index contributed by atoms with van der Waals surface area (Å²) in [6.07, 6.45) is 0.603. The van der Waals surface area contributed by atoms with Crippen LogP contribution in [0.1, 0.15) is 71.5 Å². The Hall–Kier alpha value is -3.42. The maximum absolute atomic E-state index is 15.5. The third kappa shape index (κ3) is 5.08. The van der Waals surface area contributed by atoms with Crippen molar-refractivity contribution >= 4 is 29.2 Å². The van der Waals surface area contributed by atoms with Gasteiger partial charge in [-0.3, -0.25) is 4.79 Å². The monoisotopic (exact) mass is 565 g/mol. The maximum Gasteiger partial charge on any atom is 0.337 e. The van der Waals surface area contributed by atoms with Gasteiger partial charge in [0, 0.05) is 33.9 Å². The molecule has 6 nitrogen and oxygen atoms in total. The second kappa shape index (κ2) is 10.5. The Labute approximate surface area is 238 Å². The lowest BCUT2D eigenvalue weighted by Crippen LogP contribution is -2.29. The van der Waals surface area contributed by atoms with E-state index in [1.54, 1.807) is 49.9 Å². The highest BCUT2D eigenvalue weighted by molar-refractivity contribution is 6.31. The van der Waals surface area contributed by atoms with E-state index < -0.39 is 23.5 Å². The SMILES string of the molecule is Cc1cc2c(c(-c3cc(F)c4c(c3C)CCCO4)c1C(OC(C)(C)C)C(=O)O)CCN2C(=O)c1cccc(Cl)c1. The second-order valence-electron chi connectivity index (χ2n) is 11.4. The number of nitrogens with zero attached hydrogens (tertiary/aromatic N) is 1. The number of hydrogen-bond acceptors (Lipinski definition) is 4. The predicted molar refractivity (Wildman–Crippen MR) is 153 cm³/mol. The van der Waals surface area contributed by atoms with Gasteiger partial charge in [0.25, 0.3) is 5.91 Å². The van der Waals surface area contributed by atoms with Crippen LogP contribution in [-0.4, -0.2) is 35.7 Å². The smallest absolute Gasteiger partial charge is 0.337 e. The number of amides is 1. The zero-order valence-electron chi connectivity index (χ0n) is 23.4. The molecule has 0 fully saturated rings. The minimum absolute atomic E-state index is 0.207. The predicted octanol–water partition coefficient (Wildman–Crippen LogP) is 7.23. The molecule has 1 atom stereocenters. The van der Waals surface area contributed by atoms with Crippen molar-refractivity contribution in [1.82, 2.24) is 0 Å². The highest BCUT2D eigenvalue weighted by Gasteiger charge is 2.37. The Balaban J connectivity index is 1.78. The van der Waals surface area contributed by atoms with E-state index in [-0.39, 0.29) is 11.7 Å². The largest absolute Gasteiger partial charge is 0.490 e. The summed E-state index contributed by atoms with van der Waals surface area (Å²) in [5.74, 6) is -1.56. The number of aliphatic carboxylic acids is 1. The number of rotatable bonds is 5. The quantitative estimate of drug-likeness (QED) is 0.353. The van der Waals surface area contributed by atoms with Gasteiger partial charge in [0.15, 0.2) is 17.7 Å². The molecule has 2 heterocycles. The summed E-state index contributed by atoms with van der Waals surface area (Å²) in [4.78, 5) is 28.0. The molecule has 5 rings (SSSR count). The molecular weight excluding hydrogens is 533 g/mol. The summed E-state index contributed by atoms with van der Waals surface area (Å²) in [6.45, 7) is 9.99. The van der Waals surface area contributed by atoms with Crippen molar-refractivity contribution in [2.24, 2.45) is 0 Å². The molecule has 8 heteroatoms. The van der Waals surface area contributed by atoms with Crippen LogP contribution in [0.5, 0.6) is 5.75 Å². The molecule has 1 unspecified atom stereocenters.